The monoisotopic (exact) mass is 244 g/mol. The minimum atomic E-state index is -0.266. The molecule has 1 aromatic carbocycles. The minimum Gasteiger partial charge on any atom is -0.469 e. The Morgan fingerprint density at radius 1 is 1.50 bits per heavy atom. The Balaban J connectivity index is 2.60. The van der Waals surface area contributed by atoms with Crippen molar-refractivity contribution in [3.63, 3.8) is 0 Å². The number of hydrogen-bond acceptors (Lipinski definition) is 2. The molecule has 0 bridgehead atoms. The lowest BCUT2D eigenvalue weighted by Gasteiger charge is -2.06. The van der Waals surface area contributed by atoms with Gasteiger partial charge >= 0.3 is 5.97 Å². The number of carbonyl (C=O) groups is 1. The van der Waals surface area contributed by atoms with Crippen molar-refractivity contribution in [3.05, 3.63) is 34.1 Å². The summed E-state index contributed by atoms with van der Waals surface area (Å²) in [6.07, 6.45) is 1.50. The number of carbonyl (C=O) groups excluding carboxylic acids is 1. The van der Waals surface area contributed by atoms with Gasteiger partial charge in [-0.25, -0.2) is 4.39 Å². The zero-order valence-electron chi connectivity index (χ0n) is 9.35. The van der Waals surface area contributed by atoms with E-state index in [1.54, 1.807) is 13.0 Å². The van der Waals surface area contributed by atoms with Gasteiger partial charge < -0.3 is 4.74 Å². The summed E-state index contributed by atoms with van der Waals surface area (Å²) >= 11 is 5.97. The van der Waals surface area contributed by atoms with E-state index in [1.165, 1.54) is 13.2 Å². The lowest BCUT2D eigenvalue weighted by Crippen LogP contribution is -2.01. The molecular weight excluding hydrogens is 231 g/mol. The van der Waals surface area contributed by atoms with Gasteiger partial charge in [0.15, 0.2) is 0 Å². The molecule has 1 aromatic rings. The highest BCUT2D eigenvalue weighted by Crippen LogP contribution is 2.22. The predicted octanol–water partition coefficient (Wildman–Crippen LogP) is 3.28. The Hall–Kier alpha value is -1.09. The fourth-order valence-electron chi connectivity index (χ4n) is 1.40. The van der Waals surface area contributed by atoms with Gasteiger partial charge in [0.05, 0.1) is 7.11 Å². The van der Waals surface area contributed by atoms with Crippen LogP contribution in [0.5, 0.6) is 0 Å². The van der Waals surface area contributed by atoms with E-state index in [0.29, 0.717) is 29.8 Å². The van der Waals surface area contributed by atoms with E-state index in [0.717, 1.165) is 5.56 Å². The largest absolute Gasteiger partial charge is 0.469 e. The van der Waals surface area contributed by atoms with Gasteiger partial charge in [0.25, 0.3) is 0 Å². The Kier molecular flexibility index (Phi) is 4.74. The number of methoxy groups -OCH3 is 1. The van der Waals surface area contributed by atoms with E-state index >= 15 is 0 Å². The quantitative estimate of drug-likeness (QED) is 0.760. The maximum Gasteiger partial charge on any atom is 0.305 e. The predicted molar refractivity (Wildman–Crippen MR) is 61.1 cm³/mol. The Labute approximate surface area is 99.4 Å². The van der Waals surface area contributed by atoms with Crippen LogP contribution in [0.15, 0.2) is 12.1 Å². The summed E-state index contributed by atoms with van der Waals surface area (Å²) in [6, 6.07) is 3.03. The molecule has 0 heterocycles. The average Bonchev–Trinajstić information content (AvgIpc) is 2.25. The molecule has 0 atom stereocenters. The zero-order chi connectivity index (χ0) is 12.1. The fourth-order valence-corrected chi connectivity index (χ4v) is 1.72. The Bertz CT molecular complexity index is 391. The van der Waals surface area contributed by atoms with Gasteiger partial charge in [0.1, 0.15) is 5.82 Å². The molecule has 0 N–H and O–H groups in total. The van der Waals surface area contributed by atoms with Gasteiger partial charge in [0.2, 0.25) is 0 Å². The first kappa shape index (κ1) is 13.0. The summed E-state index contributed by atoms with van der Waals surface area (Å²) in [7, 11) is 1.35. The number of esters is 1. The van der Waals surface area contributed by atoms with Gasteiger partial charge in [-0.3, -0.25) is 4.79 Å². The second kappa shape index (κ2) is 5.85. The van der Waals surface area contributed by atoms with Crippen LogP contribution in [-0.4, -0.2) is 13.1 Å². The van der Waals surface area contributed by atoms with E-state index in [-0.39, 0.29) is 11.8 Å². The molecule has 0 aliphatic heterocycles. The summed E-state index contributed by atoms with van der Waals surface area (Å²) in [5.74, 6) is -0.527. The third-order valence-corrected chi connectivity index (χ3v) is 2.73. The van der Waals surface area contributed by atoms with Crippen LogP contribution >= 0.6 is 11.6 Å². The first-order valence-corrected chi connectivity index (χ1v) is 5.43. The highest BCUT2D eigenvalue weighted by Gasteiger charge is 2.07. The molecule has 1 rings (SSSR count). The SMILES string of the molecule is COC(=O)CCCc1cc(F)c(C)cc1Cl. The summed E-state index contributed by atoms with van der Waals surface area (Å²) < 4.78 is 17.8. The molecule has 0 saturated heterocycles. The smallest absolute Gasteiger partial charge is 0.305 e. The van der Waals surface area contributed by atoms with E-state index in [4.69, 9.17) is 11.6 Å². The van der Waals surface area contributed by atoms with Crippen molar-refractivity contribution in [1.82, 2.24) is 0 Å². The van der Waals surface area contributed by atoms with E-state index in [2.05, 4.69) is 4.74 Å². The van der Waals surface area contributed by atoms with Crippen molar-refractivity contribution in [2.45, 2.75) is 26.2 Å². The van der Waals surface area contributed by atoms with E-state index < -0.39 is 0 Å². The summed E-state index contributed by atoms with van der Waals surface area (Å²) in [4.78, 5) is 10.9. The van der Waals surface area contributed by atoms with Gasteiger partial charge in [-0.2, -0.15) is 0 Å². The van der Waals surface area contributed by atoms with Crippen molar-refractivity contribution in [3.8, 4) is 0 Å². The molecule has 0 spiro atoms. The first-order chi connectivity index (χ1) is 7.54. The van der Waals surface area contributed by atoms with E-state index in [9.17, 15) is 9.18 Å². The molecular formula is C12H14ClFO2. The van der Waals surface area contributed by atoms with Crippen LogP contribution in [0, 0.1) is 12.7 Å². The summed E-state index contributed by atoms with van der Waals surface area (Å²) in [5, 5.41) is 0.545. The van der Waals surface area contributed by atoms with Crippen molar-refractivity contribution < 1.29 is 13.9 Å². The molecule has 0 saturated carbocycles. The highest BCUT2D eigenvalue weighted by molar-refractivity contribution is 6.31. The third-order valence-electron chi connectivity index (χ3n) is 2.38. The molecule has 88 valence electrons. The van der Waals surface area contributed by atoms with Crippen LogP contribution in [0.1, 0.15) is 24.0 Å². The first-order valence-electron chi connectivity index (χ1n) is 5.06. The maximum atomic E-state index is 13.3. The van der Waals surface area contributed by atoms with Crippen molar-refractivity contribution in [1.29, 1.82) is 0 Å². The van der Waals surface area contributed by atoms with Crippen molar-refractivity contribution in [2.24, 2.45) is 0 Å². The Morgan fingerprint density at radius 3 is 2.81 bits per heavy atom. The standard InChI is InChI=1S/C12H14ClFO2/c1-8-6-10(13)9(7-11(8)14)4-3-5-12(15)16-2/h6-7H,3-5H2,1-2H3. The van der Waals surface area contributed by atoms with Crippen LogP contribution in [0.3, 0.4) is 0 Å². The van der Waals surface area contributed by atoms with Crippen LogP contribution in [-0.2, 0) is 16.0 Å². The fraction of sp³-hybridized carbons (Fsp3) is 0.417. The van der Waals surface area contributed by atoms with Gasteiger partial charge in [0, 0.05) is 11.4 Å². The second-order valence-corrected chi connectivity index (χ2v) is 4.03. The summed E-state index contributed by atoms with van der Waals surface area (Å²) in [6.45, 7) is 1.67. The Morgan fingerprint density at radius 2 is 2.19 bits per heavy atom. The highest BCUT2D eigenvalue weighted by atomic mass is 35.5. The number of aryl methyl sites for hydroxylation is 2. The molecule has 0 aliphatic rings. The van der Waals surface area contributed by atoms with Gasteiger partial charge in [-0.05, 0) is 43.0 Å². The van der Waals surface area contributed by atoms with Crippen LogP contribution in [0.25, 0.3) is 0 Å². The number of benzene rings is 1. The van der Waals surface area contributed by atoms with Crippen LogP contribution in [0.4, 0.5) is 4.39 Å². The normalized spacial score (nSPS) is 10.2. The summed E-state index contributed by atoms with van der Waals surface area (Å²) in [5.41, 5.74) is 1.26. The minimum absolute atomic E-state index is 0.260. The number of hydrogen-bond donors (Lipinski definition) is 0. The van der Waals surface area contributed by atoms with Crippen molar-refractivity contribution in [2.75, 3.05) is 7.11 Å². The van der Waals surface area contributed by atoms with Crippen LogP contribution < -0.4 is 0 Å². The molecule has 2 nitrogen and oxygen atoms in total. The molecule has 0 fully saturated rings. The number of ether oxygens (including phenoxy) is 1. The number of rotatable bonds is 4. The molecule has 0 unspecified atom stereocenters. The molecule has 0 aromatic heterocycles. The topological polar surface area (TPSA) is 26.3 Å². The molecule has 0 aliphatic carbocycles. The molecule has 0 radical (unpaired) electrons. The van der Waals surface area contributed by atoms with E-state index in [1.807, 2.05) is 0 Å². The molecule has 0 amide bonds. The lowest BCUT2D eigenvalue weighted by molar-refractivity contribution is -0.140. The van der Waals surface area contributed by atoms with Gasteiger partial charge in [-0.1, -0.05) is 11.6 Å². The van der Waals surface area contributed by atoms with Crippen LogP contribution in [0.2, 0.25) is 5.02 Å². The van der Waals surface area contributed by atoms with Gasteiger partial charge in [-0.15, -0.1) is 0 Å². The maximum absolute atomic E-state index is 13.3. The molecule has 4 heteroatoms. The zero-order valence-corrected chi connectivity index (χ0v) is 10.1. The lowest BCUT2D eigenvalue weighted by atomic mass is 10.1. The second-order valence-electron chi connectivity index (χ2n) is 3.62. The van der Waals surface area contributed by atoms with Crippen molar-refractivity contribution >= 4 is 17.6 Å². The average molecular weight is 245 g/mol. The number of halogens is 2. The molecule has 16 heavy (non-hydrogen) atoms. The third kappa shape index (κ3) is 3.49.